The summed E-state index contributed by atoms with van der Waals surface area (Å²) in [5, 5.41) is 10.9. The molecular weight excluding hydrogens is 298 g/mol. The van der Waals surface area contributed by atoms with Crippen LogP contribution in [0.2, 0.25) is 0 Å². The number of fused-ring (bicyclic) bond motifs is 2. The van der Waals surface area contributed by atoms with Crippen LogP contribution in [0.4, 0.5) is 0 Å². The monoisotopic (exact) mass is 321 g/mol. The average molecular weight is 321 g/mol. The second-order valence-corrected chi connectivity index (χ2v) is 7.01. The van der Waals surface area contributed by atoms with Gasteiger partial charge in [-0.25, -0.2) is 0 Å². The van der Waals surface area contributed by atoms with Crippen LogP contribution in [0.15, 0.2) is 60.7 Å². The highest BCUT2D eigenvalue weighted by Crippen LogP contribution is 2.43. The first-order chi connectivity index (χ1) is 11.7. The summed E-state index contributed by atoms with van der Waals surface area (Å²) in [6, 6.07) is 20.5. The number of nitrogens with zero attached hydrogens (tertiary/aromatic N) is 1. The number of ketones is 1. The van der Waals surface area contributed by atoms with Crippen molar-refractivity contribution >= 4 is 5.78 Å². The zero-order chi connectivity index (χ0) is 16.5. The van der Waals surface area contributed by atoms with Crippen LogP contribution < -0.4 is 0 Å². The van der Waals surface area contributed by atoms with E-state index in [2.05, 4.69) is 29.2 Å². The van der Waals surface area contributed by atoms with Gasteiger partial charge < -0.3 is 5.11 Å². The molecule has 2 bridgehead atoms. The fourth-order valence-corrected chi connectivity index (χ4v) is 4.44. The number of carbonyl (C=O) groups is 1. The second-order valence-electron chi connectivity index (χ2n) is 7.01. The van der Waals surface area contributed by atoms with E-state index in [0.29, 0.717) is 12.5 Å². The van der Waals surface area contributed by atoms with Crippen LogP contribution in [0, 0.1) is 5.92 Å². The molecule has 2 fully saturated rings. The minimum absolute atomic E-state index is 0.145. The van der Waals surface area contributed by atoms with Gasteiger partial charge in [0.25, 0.3) is 0 Å². The van der Waals surface area contributed by atoms with E-state index in [9.17, 15) is 9.90 Å². The SMILES string of the molecule is O=C1C[C@@H]2CC[C@H]([C@H]1[C@@H](O)c1ccccc1)N2Cc1ccccc1. The Kier molecular flexibility index (Phi) is 4.21. The summed E-state index contributed by atoms with van der Waals surface area (Å²) in [6.07, 6.45) is 1.91. The molecule has 2 aliphatic heterocycles. The fourth-order valence-electron chi connectivity index (χ4n) is 4.44. The molecule has 0 aromatic heterocycles. The third-order valence-corrected chi connectivity index (χ3v) is 5.60. The summed E-state index contributed by atoms with van der Waals surface area (Å²) < 4.78 is 0. The van der Waals surface area contributed by atoms with Gasteiger partial charge in [0.2, 0.25) is 0 Å². The highest BCUT2D eigenvalue weighted by atomic mass is 16.3. The zero-order valence-electron chi connectivity index (χ0n) is 13.7. The van der Waals surface area contributed by atoms with Crippen LogP contribution in [0.25, 0.3) is 0 Å². The van der Waals surface area contributed by atoms with Gasteiger partial charge in [-0.2, -0.15) is 0 Å². The lowest BCUT2D eigenvalue weighted by molar-refractivity contribution is -0.135. The highest BCUT2D eigenvalue weighted by molar-refractivity contribution is 5.84. The molecule has 0 aliphatic carbocycles. The van der Waals surface area contributed by atoms with Crippen molar-refractivity contribution in [1.82, 2.24) is 4.90 Å². The summed E-state index contributed by atoms with van der Waals surface area (Å²) >= 11 is 0. The van der Waals surface area contributed by atoms with Crippen molar-refractivity contribution in [3.63, 3.8) is 0 Å². The Hall–Kier alpha value is -1.97. The molecular formula is C21H23NO2. The Balaban J connectivity index is 1.59. The molecule has 2 heterocycles. The molecule has 0 amide bonds. The molecule has 0 radical (unpaired) electrons. The topological polar surface area (TPSA) is 40.5 Å². The molecule has 2 aliphatic rings. The Morgan fingerprint density at radius 1 is 1.00 bits per heavy atom. The first-order valence-electron chi connectivity index (χ1n) is 8.79. The molecule has 0 spiro atoms. The number of aliphatic hydroxyl groups is 1. The summed E-state index contributed by atoms with van der Waals surface area (Å²) in [7, 11) is 0. The maximum Gasteiger partial charge on any atom is 0.142 e. The molecule has 24 heavy (non-hydrogen) atoms. The number of piperidine rings is 1. The Morgan fingerprint density at radius 2 is 1.67 bits per heavy atom. The number of carbonyl (C=O) groups excluding carboxylic acids is 1. The third-order valence-electron chi connectivity index (χ3n) is 5.60. The van der Waals surface area contributed by atoms with E-state index in [1.807, 2.05) is 36.4 Å². The highest BCUT2D eigenvalue weighted by Gasteiger charge is 2.49. The fraction of sp³-hybridized carbons (Fsp3) is 0.381. The van der Waals surface area contributed by atoms with Crippen molar-refractivity contribution in [2.45, 2.75) is 44.0 Å². The maximum absolute atomic E-state index is 12.7. The van der Waals surface area contributed by atoms with E-state index in [-0.39, 0.29) is 17.7 Å². The van der Waals surface area contributed by atoms with Gasteiger partial charge in [0.05, 0.1) is 12.0 Å². The van der Waals surface area contributed by atoms with E-state index in [4.69, 9.17) is 0 Å². The number of aliphatic hydroxyl groups excluding tert-OH is 1. The first-order valence-corrected chi connectivity index (χ1v) is 8.79. The van der Waals surface area contributed by atoms with E-state index in [0.717, 1.165) is 24.9 Å². The second kappa shape index (κ2) is 6.50. The zero-order valence-corrected chi connectivity index (χ0v) is 13.7. The Bertz CT molecular complexity index is 700. The molecule has 1 N–H and O–H groups in total. The molecule has 2 aromatic rings. The minimum Gasteiger partial charge on any atom is -0.388 e. The van der Waals surface area contributed by atoms with Crippen molar-refractivity contribution in [2.24, 2.45) is 5.92 Å². The van der Waals surface area contributed by atoms with Crippen LogP contribution in [-0.2, 0) is 11.3 Å². The maximum atomic E-state index is 12.7. The number of hydrogen-bond donors (Lipinski definition) is 1. The van der Waals surface area contributed by atoms with Gasteiger partial charge in [-0.3, -0.25) is 9.69 Å². The van der Waals surface area contributed by atoms with Gasteiger partial charge in [0.1, 0.15) is 5.78 Å². The summed E-state index contributed by atoms with van der Waals surface area (Å²) in [5.41, 5.74) is 2.12. The van der Waals surface area contributed by atoms with E-state index >= 15 is 0 Å². The Morgan fingerprint density at radius 3 is 2.38 bits per heavy atom. The lowest BCUT2D eigenvalue weighted by Gasteiger charge is -2.41. The Labute approximate surface area is 142 Å². The largest absolute Gasteiger partial charge is 0.388 e. The summed E-state index contributed by atoms with van der Waals surface area (Å²) in [4.78, 5) is 15.1. The number of rotatable bonds is 4. The van der Waals surface area contributed by atoms with Crippen molar-refractivity contribution in [2.75, 3.05) is 0 Å². The van der Waals surface area contributed by atoms with Crippen LogP contribution in [0.3, 0.4) is 0 Å². The molecule has 2 saturated heterocycles. The van der Waals surface area contributed by atoms with E-state index in [1.54, 1.807) is 0 Å². The van der Waals surface area contributed by atoms with Gasteiger partial charge in [-0.1, -0.05) is 60.7 Å². The van der Waals surface area contributed by atoms with Crippen LogP contribution in [0.1, 0.15) is 36.5 Å². The number of benzene rings is 2. The molecule has 4 rings (SSSR count). The summed E-state index contributed by atoms with van der Waals surface area (Å²) in [6.45, 7) is 0.863. The summed E-state index contributed by atoms with van der Waals surface area (Å²) in [5.74, 6) is -0.0852. The molecule has 0 unspecified atom stereocenters. The quantitative estimate of drug-likeness (QED) is 0.939. The predicted octanol–water partition coefficient (Wildman–Crippen LogP) is 3.34. The van der Waals surface area contributed by atoms with Crippen molar-refractivity contribution < 1.29 is 9.90 Å². The van der Waals surface area contributed by atoms with Crippen molar-refractivity contribution in [3.8, 4) is 0 Å². The van der Waals surface area contributed by atoms with Crippen molar-refractivity contribution in [3.05, 3.63) is 71.8 Å². The smallest absolute Gasteiger partial charge is 0.142 e. The lowest BCUT2D eigenvalue weighted by Crippen LogP contribution is -2.50. The third kappa shape index (κ3) is 2.79. The molecule has 3 nitrogen and oxygen atoms in total. The van der Waals surface area contributed by atoms with Gasteiger partial charge in [-0.05, 0) is 24.0 Å². The van der Waals surface area contributed by atoms with Crippen LogP contribution in [-0.4, -0.2) is 27.9 Å². The molecule has 4 atom stereocenters. The van der Waals surface area contributed by atoms with Gasteiger partial charge in [-0.15, -0.1) is 0 Å². The lowest BCUT2D eigenvalue weighted by atomic mass is 9.81. The predicted molar refractivity (Wildman–Crippen MR) is 93.3 cm³/mol. The van der Waals surface area contributed by atoms with Crippen molar-refractivity contribution in [1.29, 1.82) is 0 Å². The van der Waals surface area contributed by atoms with Gasteiger partial charge in [0, 0.05) is 25.0 Å². The number of hydrogen-bond acceptors (Lipinski definition) is 3. The van der Waals surface area contributed by atoms with E-state index < -0.39 is 6.10 Å². The van der Waals surface area contributed by atoms with Gasteiger partial charge in [0.15, 0.2) is 0 Å². The normalized spacial score (nSPS) is 28.0. The molecule has 3 heteroatoms. The van der Waals surface area contributed by atoms with E-state index in [1.165, 1.54) is 5.56 Å². The number of Topliss-reactive ketones (excluding diaryl/α,β-unsaturated/α-hetero) is 1. The molecule has 124 valence electrons. The first kappa shape index (κ1) is 15.6. The standard InChI is InChI=1S/C21H23NO2/c23-19-13-17-11-12-18(22(17)14-15-7-3-1-4-8-15)20(19)21(24)16-9-5-2-6-10-16/h1-10,17-18,20-21,24H,11-14H2/t17-,18+,20+,21-/m0/s1. The minimum atomic E-state index is -0.707. The van der Waals surface area contributed by atoms with Crippen LogP contribution in [0.5, 0.6) is 0 Å². The van der Waals surface area contributed by atoms with Crippen LogP contribution >= 0.6 is 0 Å². The van der Waals surface area contributed by atoms with Gasteiger partial charge >= 0.3 is 0 Å². The average Bonchev–Trinajstić information content (AvgIpc) is 2.89. The molecule has 0 saturated carbocycles. The molecule has 2 aromatic carbocycles.